The van der Waals surface area contributed by atoms with E-state index in [-0.39, 0.29) is 17.3 Å². The fourth-order valence-corrected chi connectivity index (χ4v) is 2.29. The SMILES string of the molecule is C=C(/C=C/C)OP(=O)(OC(=C)/C=C/C)OC(=C)/C=C/C. The number of phosphoric ester groups is 1. The number of hydrogen-bond acceptors (Lipinski definition) is 4. The molecule has 0 radical (unpaired) electrons. The van der Waals surface area contributed by atoms with Crippen LogP contribution in [0.1, 0.15) is 20.8 Å². The molecule has 5 heteroatoms. The van der Waals surface area contributed by atoms with Crippen molar-refractivity contribution in [1.82, 2.24) is 0 Å². The van der Waals surface area contributed by atoms with E-state index < -0.39 is 7.82 Å². The molecule has 4 nitrogen and oxygen atoms in total. The average molecular weight is 296 g/mol. The van der Waals surface area contributed by atoms with Gasteiger partial charge in [0.1, 0.15) is 17.3 Å². The fourth-order valence-electron chi connectivity index (χ4n) is 1.14. The van der Waals surface area contributed by atoms with Gasteiger partial charge in [-0.2, -0.15) is 4.57 Å². The molecule has 0 aliphatic carbocycles. The first-order chi connectivity index (χ1) is 9.36. The predicted molar refractivity (Wildman–Crippen MR) is 82.7 cm³/mol. The summed E-state index contributed by atoms with van der Waals surface area (Å²) >= 11 is 0. The quantitative estimate of drug-likeness (QED) is 0.324. The second kappa shape index (κ2) is 9.05. The Morgan fingerprint density at radius 3 is 1.20 bits per heavy atom. The van der Waals surface area contributed by atoms with Crippen molar-refractivity contribution in [3.63, 3.8) is 0 Å². The zero-order valence-electron chi connectivity index (χ0n) is 12.2. The monoisotopic (exact) mass is 296 g/mol. The summed E-state index contributed by atoms with van der Waals surface area (Å²) in [6, 6.07) is 0. The lowest BCUT2D eigenvalue weighted by Gasteiger charge is -2.19. The van der Waals surface area contributed by atoms with Crippen LogP contribution in [0.4, 0.5) is 0 Å². The molecular formula is C15H21O4P. The highest BCUT2D eigenvalue weighted by atomic mass is 31.2. The van der Waals surface area contributed by atoms with Crippen molar-refractivity contribution >= 4 is 7.82 Å². The summed E-state index contributed by atoms with van der Waals surface area (Å²) in [5.41, 5.74) is 0. The van der Waals surface area contributed by atoms with Gasteiger partial charge < -0.3 is 13.6 Å². The lowest BCUT2D eigenvalue weighted by atomic mass is 10.5. The highest BCUT2D eigenvalue weighted by molar-refractivity contribution is 7.48. The van der Waals surface area contributed by atoms with Crippen LogP contribution in [-0.4, -0.2) is 0 Å². The van der Waals surface area contributed by atoms with Crippen molar-refractivity contribution in [2.75, 3.05) is 0 Å². The lowest BCUT2D eigenvalue weighted by molar-refractivity contribution is 0.207. The molecule has 0 aromatic carbocycles. The van der Waals surface area contributed by atoms with Crippen LogP contribution in [0.15, 0.2) is 73.5 Å². The third-order valence-corrected chi connectivity index (χ3v) is 3.12. The Hall–Kier alpha value is -1.93. The van der Waals surface area contributed by atoms with E-state index in [0.717, 1.165) is 0 Å². The third-order valence-electron chi connectivity index (χ3n) is 1.74. The van der Waals surface area contributed by atoms with Crippen molar-refractivity contribution < 1.29 is 18.1 Å². The van der Waals surface area contributed by atoms with Crippen LogP contribution in [0.3, 0.4) is 0 Å². The third kappa shape index (κ3) is 7.49. The number of allylic oxidation sites excluding steroid dienone is 6. The van der Waals surface area contributed by atoms with Gasteiger partial charge >= 0.3 is 7.82 Å². The minimum absolute atomic E-state index is 0.150. The van der Waals surface area contributed by atoms with Crippen LogP contribution in [0.25, 0.3) is 0 Å². The van der Waals surface area contributed by atoms with Crippen LogP contribution in [0.2, 0.25) is 0 Å². The molecule has 0 amide bonds. The standard InChI is InChI=1S/C15H21O4P/c1-7-10-13(4)17-20(16,18-14(5)11-8-2)19-15(6)12-9-3/h7-12H,4-6H2,1-3H3/b10-7+,11-8+,12-9+. The highest BCUT2D eigenvalue weighted by Crippen LogP contribution is 2.54. The summed E-state index contributed by atoms with van der Waals surface area (Å²) in [6.07, 6.45) is 9.68. The molecule has 0 saturated heterocycles. The summed E-state index contributed by atoms with van der Waals surface area (Å²) in [7, 11) is -3.93. The lowest BCUT2D eigenvalue weighted by Crippen LogP contribution is -1.97. The van der Waals surface area contributed by atoms with Gasteiger partial charge in [-0.05, 0) is 39.0 Å². The molecule has 0 N–H and O–H groups in total. The molecule has 0 aromatic rings. The van der Waals surface area contributed by atoms with Gasteiger partial charge in [0.25, 0.3) is 0 Å². The summed E-state index contributed by atoms with van der Waals surface area (Å²) in [4.78, 5) is 0. The van der Waals surface area contributed by atoms with Gasteiger partial charge in [0, 0.05) is 0 Å². The summed E-state index contributed by atoms with van der Waals surface area (Å²) in [5, 5.41) is 0. The Morgan fingerprint density at radius 2 is 1.00 bits per heavy atom. The maximum atomic E-state index is 12.5. The van der Waals surface area contributed by atoms with Crippen LogP contribution in [0, 0.1) is 0 Å². The minimum Gasteiger partial charge on any atom is -0.387 e. The molecule has 0 heterocycles. The number of rotatable bonds is 9. The Balaban J connectivity index is 5.11. The smallest absolute Gasteiger partial charge is 0.387 e. The molecular weight excluding hydrogens is 275 g/mol. The van der Waals surface area contributed by atoms with Crippen molar-refractivity contribution in [3.05, 3.63) is 73.5 Å². The van der Waals surface area contributed by atoms with Crippen molar-refractivity contribution in [1.29, 1.82) is 0 Å². The van der Waals surface area contributed by atoms with Crippen molar-refractivity contribution in [3.8, 4) is 0 Å². The normalized spacial score (nSPS) is 11.9. The van der Waals surface area contributed by atoms with E-state index in [4.69, 9.17) is 13.6 Å². The fraction of sp³-hybridized carbons (Fsp3) is 0.200. The van der Waals surface area contributed by atoms with Gasteiger partial charge in [-0.3, -0.25) is 0 Å². The molecule has 0 bridgehead atoms. The van der Waals surface area contributed by atoms with E-state index in [2.05, 4.69) is 19.7 Å². The Morgan fingerprint density at radius 1 is 0.750 bits per heavy atom. The van der Waals surface area contributed by atoms with Crippen LogP contribution >= 0.6 is 7.82 Å². The zero-order valence-corrected chi connectivity index (χ0v) is 13.1. The van der Waals surface area contributed by atoms with Gasteiger partial charge in [0.15, 0.2) is 0 Å². The predicted octanol–water partition coefficient (Wildman–Crippen LogP) is 5.41. The zero-order chi connectivity index (χ0) is 15.6. The molecule has 0 aliphatic heterocycles. The molecule has 0 saturated carbocycles. The van der Waals surface area contributed by atoms with E-state index in [1.165, 1.54) is 18.2 Å². The van der Waals surface area contributed by atoms with E-state index >= 15 is 0 Å². The van der Waals surface area contributed by atoms with Gasteiger partial charge in [0.2, 0.25) is 0 Å². The van der Waals surface area contributed by atoms with Crippen LogP contribution < -0.4 is 0 Å². The molecule has 0 rings (SSSR count). The van der Waals surface area contributed by atoms with Gasteiger partial charge in [0.05, 0.1) is 0 Å². The summed E-state index contributed by atoms with van der Waals surface area (Å²) in [5.74, 6) is 0.451. The Kier molecular flexibility index (Phi) is 8.18. The van der Waals surface area contributed by atoms with E-state index in [0.29, 0.717) is 0 Å². The Labute approximate surface area is 121 Å². The van der Waals surface area contributed by atoms with Crippen molar-refractivity contribution in [2.24, 2.45) is 0 Å². The molecule has 0 fully saturated rings. The van der Waals surface area contributed by atoms with E-state index in [1.807, 2.05) is 0 Å². The topological polar surface area (TPSA) is 44.8 Å². The molecule has 0 atom stereocenters. The number of phosphoric acid groups is 1. The molecule has 0 spiro atoms. The minimum atomic E-state index is -3.93. The molecule has 0 unspecified atom stereocenters. The first-order valence-corrected chi connectivity index (χ1v) is 7.46. The molecule has 20 heavy (non-hydrogen) atoms. The van der Waals surface area contributed by atoms with E-state index in [9.17, 15) is 4.57 Å². The largest absolute Gasteiger partial charge is 0.647 e. The maximum absolute atomic E-state index is 12.5. The second-order valence-electron chi connectivity index (χ2n) is 3.62. The molecule has 0 aromatic heterocycles. The molecule has 110 valence electrons. The first-order valence-electron chi connectivity index (χ1n) is 6.00. The summed E-state index contributed by atoms with van der Waals surface area (Å²) < 4.78 is 28.0. The summed E-state index contributed by atoms with van der Waals surface area (Å²) in [6.45, 7) is 16.1. The average Bonchev–Trinajstić information content (AvgIpc) is 2.28. The Bertz CT molecular complexity index is 427. The van der Waals surface area contributed by atoms with Gasteiger partial charge in [-0.15, -0.1) is 0 Å². The van der Waals surface area contributed by atoms with Gasteiger partial charge in [-0.1, -0.05) is 38.0 Å². The second-order valence-corrected chi connectivity index (χ2v) is 5.06. The van der Waals surface area contributed by atoms with Gasteiger partial charge in [-0.25, -0.2) is 0 Å². The first kappa shape index (κ1) is 18.1. The van der Waals surface area contributed by atoms with Crippen molar-refractivity contribution in [2.45, 2.75) is 20.8 Å². The number of hydrogen-bond donors (Lipinski definition) is 0. The van der Waals surface area contributed by atoms with Crippen LogP contribution in [0.5, 0.6) is 0 Å². The van der Waals surface area contributed by atoms with E-state index in [1.54, 1.807) is 39.0 Å². The van der Waals surface area contributed by atoms with Crippen LogP contribution in [-0.2, 0) is 18.1 Å². The highest BCUT2D eigenvalue weighted by Gasteiger charge is 2.32. The molecule has 0 aliphatic rings. The maximum Gasteiger partial charge on any atom is 0.647 e.